The van der Waals surface area contributed by atoms with Gasteiger partial charge in [-0.25, -0.2) is 0 Å². The summed E-state index contributed by atoms with van der Waals surface area (Å²) < 4.78 is 5.65. The van der Waals surface area contributed by atoms with Gasteiger partial charge in [0.05, 0.1) is 12.7 Å². The van der Waals surface area contributed by atoms with E-state index >= 15 is 0 Å². The third-order valence-corrected chi connectivity index (χ3v) is 6.28. The summed E-state index contributed by atoms with van der Waals surface area (Å²) in [5, 5.41) is 4.07. The van der Waals surface area contributed by atoms with E-state index in [1.807, 2.05) is 30.0 Å². The van der Waals surface area contributed by atoms with Crippen LogP contribution in [0.4, 0.5) is 5.69 Å². The molecule has 3 aromatic rings. The molecule has 28 heavy (non-hydrogen) atoms. The second-order valence-electron chi connectivity index (χ2n) is 7.51. The molecule has 4 rings (SSSR count). The molecule has 5 heteroatoms. The molecule has 0 radical (unpaired) electrons. The molecule has 0 spiro atoms. The van der Waals surface area contributed by atoms with Crippen molar-refractivity contribution in [2.24, 2.45) is 0 Å². The first-order chi connectivity index (χ1) is 13.6. The molecular formula is C23H26N2O2S. The molecule has 0 atom stereocenters. The van der Waals surface area contributed by atoms with Gasteiger partial charge in [0.2, 0.25) is 5.91 Å². The van der Waals surface area contributed by atoms with Gasteiger partial charge in [0.1, 0.15) is 5.58 Å². The Morgan fingerprint density at radius 2 is 1.93 bits per heavy atom. The average molecular weight is 395 g/mol. The molecular weight excluding hydrogens is 368 g/mol. The SMILES string of the molecule is Cc1cc2occ(CC(=O)Nc3cccc(CN4CCSCC4)c3)c2cc1C. The molecule has 1 aliphatic heterocycles. The highest BCUT2D eigenvalue weighted by molar-refractivity contribution is 7.99. The molecule has 4 nitrogen and oxygen atoms in total. The van der Waals surface area contributed by atoms with E-state index in [1.54, 1.807) is 6.26 Å². The maximum atomic E-state index is 12.6. The van der Waals surface area contributed by atoms with Gasteiger partial charge in [0, 0.05) is 47.8 Å². The van der Waals surface area contributed by atoms with E-state index in [9.17, 15) is 4.79 Å². The Labute approximate surface area is 170 Å². The van der Waals surface area contributed by atoms with Crippen LogP contribution in [0.15, 0.2) is 47.1 Å². The average Bonchev–Trinajstić information content (AvgIpc) is 3.04. The molecule has 0 unspecified atom stereocenters. The molecule has 0 saturated carbocycles. The number of fused-ring (bicyclic) bond motifs is 1. The van der Waals surface area contributed by atoms with Gasteiger partial charge < -0.3 is 9.73 Å². The van der Waals surface area contributed by atoms with Gasteiger partial charge in [0.25, 0.3) is 0 Å². The lowest BCUT2D eigenvalue weighted by Gasteiger charge is -2.26. The van der Waals surface area contributed by atoms with E-state index in [0.29, 0.717) is 6.42 Å². The molecule has 1 amide bonds. The minimum atomic E-state index is -0.0209. The Balaban J connectivity index is 1.42. The molecule has 1 aromatic heterocycles. The maximum absolute atomic E-state index is 12.6. The first-order valence-electron chi connectivity index (χ1n) is 9.75. The summed E-state index contributed by atoms with van der Waals surface area (Å²) in [6, 6.07) is 12.3. The summed E-state index contributed by atoms with van der Waals surface area (Å²) in [6.45, 7) is 7.36. The number of rotatable bonds is 5. The highest BCUT2D eigenvalue weighted by Crippen LogP contribution is 2.25. The van der Waals surface area contributed by atoms with Gasteiger partial charge in [-0.15, -0.1) is 0 Å². The van der Waals surface area contributed by atoms with Crippen molar-refractivity contribution in [1.82, 2.24) is 4.90 Å². The van der Waals surface area contributed by atoms with Crippen LogP contribution in [-0.4, -0.2) is 35.4 Å². The van der Waals surface area contributed by atoms with Crippen LogP contribution >= 0.6 is 11.8 Å². The lowest BCUT2D eigenvalue weighted by Crippen LogP contribution is -2.31. The Bertz CT molecular complexity index is 989. The smallest absolute Gasteiger partial charge is 0.228 e. The number of hydrogen-bond donors (Lipinski definition) is 1. The second-order valence-corrected chi connectivity index (χ2v) is 8.73. The van der Waals surface area contributed by atoms with Gasteiger partial charge in [-0.3, -0.25) is 9.69 Å². The molecule has 2 heterocycles. The normalized spacial score (nSPS) is 15.1. The highest BCUT2D eigenvalue weighted by atomic mass is 32.2. The van der Waals surface area contributed by atoms with Crippen LogP contribution in [0.25, 0.3) is 11.0 Å². The first-order valence-corrected chi connectivity index (χ1v) is 10.9. The maximum Gasteiger partial charge on any atom is 0.228 e. The number of benzene rings is 2. The van der Waals surface area contributed by atoms with Gasteiger partial charge in [0.15, 0.2) is 0 Å². The largest absolute Gasteiger partial charge is 0.464 e. The van der Waals surface area contributed by atoms with Gasteiger partial charge >= 0.3 is 0 Å². The number of furan rings is 1. The molecule has 0 bridgehead atoms. The molecule has 1 aliphatic rings. The van der Waals surface area contributed by atoms with Crippen molar-refractivity contribution in [2.45, 2.75) is 26.8 Å². The number of carbonyl (C=O) groups is 1. The fraction of sp³-hybridized carbons (Fsp3) is 0.348. The van der Waals surface area contributed by atoms with E-state index in [0.717, 1.165) is 41.9 Å². The number of carbonyl (C=O) groups excluding carboxylic acids is 1. The predicted molar refractivity (Wildman–Crippen MR) is 117 cm³/mol. The predicted octanol–water partition coefficient (Wildman–Crippen LogP) is 4.78. The number of hydrogen-bond acceptors (Lipinski definition) is 4. The Morgan fingerprint density at radius 3 is 2.75 bits per heavy atom. The molecule has 1 N–H and O–H groups in total. The van der Waals surface area contributed by atoms with Crippen LogP contribution in [-0.2, 0) is 17.8 Å². The zero-order valence-corrected chi connectivity index (χ0v) is 17.3. The third kappa shape index (κ3) is 4.42. The second kappa shape index (κ2) is 8.41. The molecule has 146 valence electrons. The molecule has 0 aliphatic carbocycles. The van der Waals surface area contributed by atoms with Crippen LogP contribution in [0.3, 0.4) is 0 Å². The van der Waals surface area contributed by atoms with E-state index in [2.05, 4.69) is 42.3 Å². The van der Waals surface area contributed by atoms with Crippen molar-refractivity contribution in [3.8, 4) is 0 Å². The highest BCUT2D eigenvalue weighted by Gasteiger charge is 2.13. The third-order valence-electron chi connectivity index (χ3n) is 5.34. The van der Waals surface area contributed by atoms with E-state index in [1.165, 1.54) is 28.2 Å². The fourth-order valence-electron chi connectivity index (χ4n) is 3.62. The number of amides is 1. The summed E-state index contributed by atoms with van der Waals surface area (Å²) in [4.78, 5) is 15.1. The zero-order chi connectivity index (χ0) is 19.5. The number of aryl methyl sites for hydroxylation is 2. The number of thioether (sulfide) groups is 1. The monoisotopic (exact) mass is 394 g/mol. The van der Waals surface area contributed by atoms with E-state index in [4.69, 9.17) is 4.42 Å². The van der Waals surface area contributed by atoms with Crippen molar-refractivity contribution < 1.29 is 9.21 Å². The van der Waals surface area contributed by atoms with Gasteiger partial charge in [-0.2, -0.15) is 11.8 Å². The topological polar surface area (TPSA) is 45.5 Å². The summed E-state index contributed by atoms with van der Waals surface area (Å²) >= 11 is 2.02. The van der Waals surface area contributed by atoms with Crippen LogP contribution in [0.5, 0.6) is 0 Å². The standard InChI is InChI=1S/C23H26N2O2S/c1-16-10-21-19(15-27-22(21)11-17(16)2)13-23(26)24-20-5-3-4-18(12-20)14-25-6-8-28-9-7-25/h3-5,10-12,15H,6-9,13-14H2,1-2H3,(H,24,26). The Hall–Kier alpha value is -2.24. The van der Waals surface area contributed by atoms with Gasteiger partial charge in [-0.1, -0.05) is 12.1 Å². The van der Waals surface area contributed by atoms with Crippen LogP contribution < -0.4 is 5.32 Å². The Kier molecular flexibility index (Phi) is 5.74. The lowest BCUT2D eigenvalue weighted by molar-refractivity contribution is -0.115. The van der Waals surface area contributed by atoms with Crippen LogP contribution in [0.2, 0.25) is 0 Å². The lowest BCUT2D eigenvalue weighted by atomic mass is 10.0. The fourth-order valence-corrected chi connectivity index (χ4v) is 4.59. The minimum absolute atomic E-state index is 0.0209. The number of nitrogens with zero attached hydrogens (tertiary/aromatic N) is 1. The first kappa shape index (κ1) is 19.1. The minimum Gasteiger partial charge on any atom is -0.464 e. The molecule has 2 aromatic carbocycles. The van der Waals surface area contributed by atoms with E-state index < -0.39 is 0 Å². The summed E-state index contributed by atoms with van der Waals surface area (Å²) in [7, 11) is 0. The zero-order valence-electron chi connectivity index (χ0n) is 16.5. The van der Waals surface area contributed by atoms with Crippen LogP contribution in [0, 0.1) is 13.8 Å². The summed E-state index contributed by atoms with van der Waals surface area (Å²) in [5.74, 6) is 2.38. The quantitative estimate of drug-likeness (QED) is 0.676. The number of anilines is 1. The molecule has 1 saturated heterocycles. The van der Waals surface area contributed by atoms with Crippen molar-refractivity contribution >= 4 is 34.3 Å². The van der Waals surface area contributed by atoms with Crippen LogP contribution in [0.1, 0.15) is 22.3 Å². The van der Waals surface area contributed by atoms with Crippen molar-refractivity contribution in [2.75, 3.05) is 29.9 Å². The summed E-state index contributed by atoms with van der Waals surface area (Å²) in [6.07, 6.45) is 2.01. The van der Waals surface area contributed by atoms with Crippen molar-refractivity contribution in [3.05, 3.63) is 64.9 Å². The molecule has 1 fully saturated rings. The summed E-state index contributed by atoms with van der Waals surface area (Å²) in [5.41, 5.74) is 6.27. The number of nitrogens with one attached hydrogen (secondary N) is 1. The van der Waals surface area contributed by atoms with Crippen molar-refractivity contribution in [3.63, 3.8) is 0 Å². The van der Waals surface area contributed by atoms with E-state index in [-0.39, 0.29) is 5.91 Å². The van der Waals surface area contributed by atoms with Gasteiger partial charge in [-0.05, 0) is 54.8 Å². The Morgan fingerprint density at radius 1 is 1.14 bits per heavy atom. The van der Waals surface area contributed by atoms with Crippen molar-refractivity contribution in [1.29, 1.82) is 0 Å².